The molecule has 4 N–H and O–H groups in total. The maximum Gasteiger partial charge on any atom is 0.303 e. The summed E-state index contributed by atoms with van der Waals surface area (Å²) in [6.45, 7) is 0. The van der Waals surface area contributed by atoms with E-state index < -0.39 is 12.1 Å². The quantitative estimate of drug-likeness (QED) is 0.246. The van der Waals surface area contributed by atoms with Crippen LogP contribution in [0.15, 0.2) is 54.6 Å². The number of aliphatic hydroxyl groups is 1. The molecule has 5 nitrogen and oxygen atoms in total. The Morgan fingerprint density at radius 2 is 2.00 bits per heavy atom. The van der Waals surface area contributed by atoms with Gasteiger partial charge in [0.2, 0.25) is 0 Å². The number of benzene rings is 1. The lowest BCUT2D eigenvalue weighted by atomic mass is 9.89. The van der Waals surface area contributed by atoms with Crippen molar-refractivity contribution >= 4 is 5.97 Å². The van der Waals surface area contributed by atoms with Gasteiger partial charge in [-0.2, -0.15) is 0 Å². The standard InChI is InChI=1S/C23H33NO4/c25-20(14-12-18-8-4-3-5-9-18)15-16-21-19(13-17-22(21)24-28)10-6-1-2-7-11-23(26)27/h1,3-6,8-9,15-16,19-22,24-25,28H,2,7,10-14,17H2,(H,26,27)/b6-1-,16-15+/t19-,20?,21+,22?/m0/s1. The van der Waals surface area contributed by atoms with E-state index in [1.165, 1.54) is 5.56 Å². The van der Waals surface area contributed by atoms with Crippen molar-refractivity contribution in [3.63, 3.8) is 0 Å². The first-order chi connectivity index (χ1) is 13.6. The molecule has 1 aromatic rings. The van der Waals surface area contributed by atoms with Crippen LogP contribution in [0.3, 0.4) is 0 Å². The van der Waals surface area contributed by atoms with Gasteiger partial charge >= 0.3 is 5.97 Å². The Morgan fingerprint density at radius 1 is 1.21 bits per heavy atom. The normalized spacial score (nSPS) is 23.6. The molecule has 0 aliphatic heterocycles. The Kier molecular flexibility index (Phi) is 9.97. The van der Waals surface area contributed by atoms with Gasteiger partial charge in [0.1, 0.15) is 0 Å². The molecular weight excluding hydrogens is 354 g/mol. The van der Waals surface area contributed by atoms with Gasteiger partial charge in [0.25, 0.3) is 0 Å². The highest BCUT2D eigenvalue weighted by Gasteiger charge is 2.33. The van der Waals surface area contributed by atoms with Gasteiger partial charge in [-0.25, -0.2) is 5.48 Å². The van der Waals surface area contributed by atoms with Gasteiger partial charge in [0.05, 0.1) is 6.10 Å². The third-order valence-electron chi connectivity index (χ3n) is 5.52. The number of carbonyl (C=O) groups is 1. The van der Waals surface area contributed by atoms with E-state index in [1.807, 2.05) is 24.3 Å². The summed E-state index contributed by atoms with van der Waals surface area (Å²) in [6, 6.07) is 10.2. The molecule has 2 unspecified atom stereocenters. The van der Waals surface area contributed by atoms with Crippen LogP contribution in [0.4, 0.5) is 0 Å². The molecule has 2 rings (SSSR count). The smallest absolute Gasteiger partial charge is 0.303 e. The molecule has 28 heavy (non-hydrogen) atoms. The summed E-state index contributed by atoms with van der Waals surface area (Å²) >= 11 is 0. The van der Waals surface area contributed by atoms with Gasteiger partial charge < -0.3 is 15.4 Å². The Bertz CT molecular complexity index is 629. The minimum atomic E-state index is -0.753. The van der Waals surface area contributed by atoms with Crippen molar-refractivity contribution in [1.29, 1.82) is 0 Å². The average Bonchev–Trinajstić information content (AvgIpc) is 3.09. The lowest BCUT2D eigenvalue weighted by molar-refractivity contribution is -0.137. The summed E-state index contributed by atoms with van der Waals surface area (Å²) in [7, 11) is 0. The van der Waals surface area contributed by atoms with Crippen molar-refractivity contribution in [2.45, 2.75) is 63.5 Å². The number of hydrogen-bond acceptors (Lipinski definition) is 4. The lowest BCUT2D eigenvalue weighted by Gasteiger charge is -2.20. The van der Waals surface area contributed by atoms with E-state index >= 15 is 0 Å². The van der Waals surface area contributed by atoms with Gasteiger partial charge in [-0.3, -0.25) is 4.79 Å². The van der Waals surface area contributed by atoms with E-state index in [0.29, 0.717) is 18.8 Å². The third-order valence-corrected chi connectivity index (χ3v) is 5.52. The minimum absolute atomic E-state index is 0.0167. The number of aryl methyl sites for hydroxylation is 1. The van der Waals surface area contributed by atoms with Gasteiger partial charge in [-0.15, -0.1) is 0 Å². The number of allylic oxidation sites excluding steroid dienone is 2. The summed E-state index contributed by atoms with van der Waals surface area (Å²) in [6.07, 6.45) is 13.6. The predicted molar refractivity (Wildman–Crippen MR) is 110 cm³/mol. The van der Waals surface area contributed by atoms with E-state index in [-0.39, 0.29) is 18.4 Å². The van der Waals surface area contributed by atoms with Crippen LogP contribution in [0.25, 0.3) is 0 Å². The highest BCUT2D eigenvalue weighted by molar-refractivity contribution is 5.66. The van der Waals surface area contributed by atoms with Crippen LogP contribution in [0.1, 0.15) is 50.5 Å². The maximum absolute atomic E-state index is 10.5. The fourth-order valence-electron chi connectivity index (χ4n) is 3.90. The molecule has 1 saturated carbocycles. The molecule has 0 radical (unpaired) electrons. The molecule has 0 spiro atoms. The van der Waals surface area contributed by atoms with Gasteiger partial charge in [0, 0.05) is 12.5 Å². The zero-order valence-corrected chi connectivity index (χ0v) is 16.4. The highest BCUT2D eigenvalue weighted by atomic mass is 16.5. The summed E-state index contributed by atoms with van der Waals surface area (Å²) in [5.41, 5.74) is 3.65. The molecule has 0 bridgehead atoms. The lowest BCUT2D eigenvalue weighted by Crippen LogP contribution is -2.30. The molecule has 154 valence electrons. The van der Waals surface area contributed by atoms with E-state index in [4.69, 9.17) is 5.11 Å². The van der Waals surface area contributed by atoms with Crippen molar-refractivity contribution in [3.8, 4) is 0 Å². The van der Waals surface area contributed by atoms with Crippen molar-refractivity contribution in [2.75, 3.05) is 0 Å². The number of unbranched alkanes of at least 4 members (excludes halogenated alkanes) is 1. The molecule has 1 aliphatic carbocycles. The SMILES string of the molecule is O=C(O)CCC/C=C\C[C@H]1CCC(NO)[C@@H]1/C=C/C(O)CCc1ccccc1. The van der Waals surface area contributed by atoms with Crippen molar-refractivity contribution in [3.05, 3.63) is 60.2 Å². The second-order valence-corrected chi connectivity index (χ2v) is 7.62. The number of aliphatic hydroxyl groups excluding tert-OH is 1. The minimum Gasteiger partial charge on any atom is -0.481 e. The van der Waals surface area contributed by atoms with Crippen LogP contribution >= 0.6 is 0 Å². The summed E-state index contributed by atoms with van der Waals surface area (Å²) in [4.78, 5) is 10.5. The average molecular weight is 388 g/mol. The predicted octanol–water partition coefficient (Wildman–Crippen LogP) is 4.11. The number of carboxylic acid groups (broad SMARTS) is 1. The van der Waals surface area contributed by atoms with Crippen molar-refractivity contribution < 1.29 is 20.2 Å². The summed E-state index contributed by atoms with van der Waals surface area (Å²) < 4.78 is 0. The van der Waals surface area contributed by atoms with Gasteiger partial charge in [0.15, 0.2) is 0 Å². The van der Waals surface area contributed by atoms with Crippen LogP contribution in [-0.2, 0) is 11.2 Å². The van der Waals surface area contributed by atoms with Crippen LogP contribution in [0, 0.1) is 11.8 Å². The number of carboxylic acids is 1. The van der Waals surface area contributed by atoms with Gasteiger partial charge in [-0.05, 0) is 62.3 Å². The second kappa shape index (κ2) is 12.5. The van der Waals surface area contributed by atoms with Crippen molar-refractivity contribution in [1.82, 2.24) is 5.48 Å². The molecular formula is C23H33NO4. The topological polar surface area (TPSA) is 89.8 Å². The first-order valence-corrected chi connectivity index (χ1v) is 10.3. The molecule has 1 aliphatic rings. The monoisotopic (exact) mass is 387 g/mol. The highest BCUT2D eigenvalue weighted by Crippen LogP contribution is 2.36. The molecule has 0 aromatic heterocycles. The Morgan fingerprint density at radius 3 is 2.71 bits per heavy atom. The maximum atomic E-state index is 10.5. The first kappa shape index (κ1) is 22.3. The molecule has 5 heteroatoms. The van der Waals surface area contributed by atoms with Crippen LogP contribution in [0.2, 0.25) is 0 Å². The molecule has 0 saturated heterocycles. The van der Waals surface area contributed by atoms with E-state index in [2.05, 4.69) is 35.8 Å². The van der Waals surface area contributed by atoms with Gasteiger partial charge in [-0.1, -0.05) is 54.6 Å². The second-order valence-electron chi connectivity index (χ2n) is 7.62. The first-order valence-electron chi connectivity index (χ1n) is 10.3. The van der Waals surface area contributed by atoms with E-state index in [9.17, 15) is 15.1 Å². The molecule has 0 heterocycles. The largest absolute Gasteiger partial charge is 0.481 e. The number of nitrogens with one attached hydrogen (secondary N) is 1. The molecule has 0 amide bonds. The fraction of sp³-hybridized carbons (Fsp3) is 0.522. The zero-order valence-electron chi connectivity index (χ0n) is 16.4. The fourth-order valence-corrected chi connectivity index (χ4v) is 3.90. The molecule has 4 atom stereocenters. The van der Waals surface area contributed by atoms with E-state index in [0.717, 1.165) is 32.1 Å². The Hall–Kier alpha value is -1.95. The van der Waals surface area contributed by atoms with Crippen LogP contribution < -0.4 is 5.48 Å². The number of rotatable bonds is 12. The number of hydroxylamine groups is 1. The number of hydrogen-bond donors (Lipinski definition) is 4. The Labute approximate surface area is 167 Å². The van der Waals surface area contributed by atoms with Crippen LogP contribution in [0.5, 0.6) is 0 Å². The molecule has 1 fully saturated rings. The number of aliphatic carboxylic acids is 1. The summed E-state index contributed by atoms with van der Waals surface area (Å²) in [5, 5.41) is 28.4. The third kappa shape index (κ3) is 7.97. The molecule has 1 aromatic carbocycles. The zero-order chi connectivity index (χ0) is 20.2. The van der Waals surface area contributed by atoms with Crippen LogP contribution in [-0.4, -0.2) is 33.5 Å². The Balaban J connectivity index is 1.80. The summed E-state index contributed by atoms with van der Waals surface area (Å²) in [5.74, 6) is -0.157. The van der Waals surface area contributed by atoms with E-state index in [1.54, 1.807) is 0 Å². The van der Waals surface area contributed by atoms with Crippen molar-refractivity contribution in [2.24, 2.45) is 11.8 Å².